The molecule has 0 fully saturated rings. The highest BCUT2D eigenvalue weighted by Gasteiger charge is 2.09. The summed E-state index contributed by atoms with van der Waals surface area (Å²) < 4.78 is 10.4. The molecule has 0 amide bonds. The molecule has 1 aromatic carbocycles. The summed E-state index contributed by atoms with van der Waals surface area (Å²) in [6.45, 7) is 2.38. The zero-order valence-corrected chi connectivity index (χ0v) is 17.1. The third-order valence-electron chi connectivity index (χ3n) is 4.99. The van der Waals surface area contributed by atoms with Gasteiger partial charge in [-0.2, -0.15) is 0 Å². The van der Waals surface area contributed by atoms with Gasteiger partial charge < -0.3 is 9.15 Å². The number of pyridine rings is 1. The van der Waals surface area contributed by atoms with Gasteiger partial charge in [0.1, 0.15) is 12.4 Å². The van der Waals surface area contributed by atoms with Gasteiger partial charge in [-0.15, -0.1) is 0 Å². The monoisotopic (exact) mass is 391 g/mol. The second-order valence-electron chi connectivity index (χ2n) is 7.30. The molecule has 0 spiro atoms. The standard InChI is InChI=1S/C25H29NO3/c1-2-3-4-5-6-7-9-20-11-16-24(26-18-20)21-12-14-22(15-13-21)25(27)29-19-23-10-8-17-28-23/h8,10-18H,2-7,9,19H2,1H3. The van der Waals surface area contributed by atoms with Crippen molar-refractivity contribution in [3.63, 3.8) is 0 Å². The molecule has 0 atom stereocenters. The van der Waals surface area contributed by atoms with Gasteiger partial charge in [0.2, 0.25) is 0 Å². The summed E-state index contributed by atoms with van der Waals surface area (Å²) in [4.78, 5) is 16.7. The van der Waals surface area contributed by atoms with Gasteiger partial charge in [0, 0.05) is 11.8 Å². The quantitative estimate of drug-likeness (QED) is 0.273. The van der Waals surface area contributed by atoms with Crippen LogP contribution in [0.5, 0.6) is 0 Å². The number of aromatic nitrogens is 1. The lowest BCUT2D eigenvalue weighted by Crippen LogP contribution is -2.04. The number of carbonyl (C=O) groups is 1. The van der Waals surface area contributed by atoms with Crippen LogP contribution >= 0.6 is 0 Å². The number of ether oxygens (including phenoxy) is 1. The molecule has 152 valence electrons. The van der Waals surface area contributed by atoms with Crippen molar-refractivity contribution in [3.8, 4) is 11.3 Å². The number of benzene rings is 1. The fraction of sp³-hybridized carbons (Fsp3) is 0.360. The van der Waals surface area contributed by atoms with E-state index >= 15 is 0 Å². The normalized spacial score (nSPS) is 10.8. The number of hydrogen-bond acceptors (Lipinski definition) is 4. The van der Waals surface area contributed by atoms with Gasteiger partial charge in [-0.1, -0.05) is 57.2 Å². The first-order chi connectivity index (χ1) is 14.3. The van der Waals surface area contributed by atoms with Crippen molar-refractivity contribution in [3.05, 3.63) is 77.9 Å². The molecule has 0 unspecified atom stereocenters. The molecule has 0 aliphatic heterocycles. The number of hydrogen-bond donors (Lipinski definition) is 0. The maximum absolute atomic E-state index is 12.1. The topological polar surface area (TPSA) is 52.3 Å². The molecule has 0 aliphatic rings. The average molecular weight is 392 g/mol. The SMILES string of the molecule is CCCCCCCCc1ccc(-c2ccc(C(=O)OCc3ccco3)cc2)nc1. The van der Waals surface area contributed by atoms with Crippen molar-refractivity contribution in [1.82, 2.24) is 4.98 Å². The number of rotatable bonds is 11. The summed E-state index contributed by atoms with van der Waals surface area (Å²) in [5, 5.41) is 0. The van der Waals surface area contributed by atoms with E-state index in [0.29, 0.717) is 11.3 Å². The highest BCUT2D eigenvalue weighted by Crippen LogP contribution is 2.19. The third-order valence-corrected chi connectivity index (χ3v) is 4.99. The Morgan fingerprint density at radius 3 is 2.45 bits per heavy atom. The first kappa shape index (κ1) is 20.8. The molecule has 0 bridgehead atoms. The van der Waals surface area contributed by atoms with Crippen molar-refractivity contribution in [1.29, 1.82) is 0 Å². The van der Waals surface area contributed by atoms with Crippen LogP contribution in [0.2, 0.25) is 0 Å². The lowest BCUT2D eigenvalue weighted by molar-refractivity contribution is 0.0445. The van der Waals surface area contributed by atoms with Crippen molar-refractivity contribution in [2.75, 3.05) is 0 Å². The minimum absolute atomic E-state index is 0.134. The lowest BCUT2D eigenvalue weighted by atomic mass is 10.0. The summed E-state index contributed by atoms with van der Waals surface area (Å²) in [6.07, 6.45) is 12.4. The van der Waals surface area contributed by atoms with Gasteiger partial charge in [0.05, 0.1) is 17.5 Å². The lowest BCUT2D eigenvalue weighted by Gasteiger charge is -2.06. The Balaban J connectivity index is 1.48. The van der Waals surface area contributed by atoms with Gasteiger partial charge in [0.25, 0.3) is 0 Å². The third kappa shape index (κ3) is 6.60. The Hall–Kier alpha value is -2.88. The van der Waals surface area contributed by atoms with Crippen LogP contribution in [0.1, 0.15) is 67.1 Å². The Kier molecular flexibility index (Phi) is 8.05. The van der Waals surface area contributed by atoms with Crippen LogP contribution in [0.3, 0.4) is 0 Å². The van der Waals surface area contributed by atoms with Crippen LogP contribution in [0.15, 0.2) is 65.4 Å². The summed E-state index contributed by atoms with van der Waals surface area (Å²) in [7, 11) is 0. The summed E-state index contributed by atoms with van der Waals surface area (Å²) >= 11 is 0. The van der Waals surface area contributed by atoms with E-state index in [-0.39, 0.29) is 12.6 Å². The number of furan rings is 1. The summed E-state index contributed by atoms with van der Waals surface area (Å²) in [5.41, 5.74) is 3.69. The second-order valence-corrected chi connectivity index (χ2v) is 7.30. The van der Waals surface area contributed by atoms with E-state index in [2.05, 4.69) is 24.0 Å². The number of carbonyl (C=O) groups excluding carboxylic acids is 1. The van der Waals surface area contributed by atoms with Crippen LogP contribution in [-0.2, 0) is 17.8 Å². The Bertz CT molecular complexity index is 852. The zero-order chi connectivity index (χ0) is 20.3. The fourth-order valence-corrected chi connectivity index (χ4v) is 3.24. The van der Waals surface area contributed by atoms with Crippen molar-refractivity contribution in [2.24, 2.45) is 0 Å². The maximum Gasteiger partial charge on any atom is 0.338 e. The van der Waals surface area contributed by atoms with E-state index in [0.717, 1.165) is 17.7 Å². The average Bonchev–Trinajstić information content (AvgIpc) is 3.29. The van der Waals surface area contributed by atoms with E-state index in [1.54, 1.807) is 30.5 Å². The van der Waals surface area contributed by atoms with Crippen molar-refractivity contribution < 1.29 is 13.9 Å². The first-order valence-corrected chi connectivity index (χ1v) is 10.5. The van der Waals surface area contributed by atoms with E-state index in [1.807, 2.05) is 18.3 Å². The molecule has 0 radical (unpaired) electrons. The molecule has 3 rings (SSSR count). The summed E-state index contributed by atoms with van der Waals surface area (Å²) in [6, 6.07) is 15.1. The molecule has 29 heavy (non-hydrogen) atoms. The Morgan fingerprint density at radius 1 is 0.966 bits per heavy atom. The Labute approximate surface area is 172 Å². The van der Waals surface area contributed by atoms with Gasteiger partial charge in [-0.25, -0.2) is 4.79 Å². The molecule has 4 nitrogen and oxygen atoms in total. The van der Waals surface area contributed by atoms with Crippen LogP contribution in [0.4, 0.5) is 0 Å². The molecule has 0 aliphatic carbocycles. The summed E-state index contributed by atoms with van der Waals surface area (Å²) in [5.74, 6) is 0.260. The second kappa shape index (κ2) is 11.2. The molecule has 0 saturated heterocycles. The van der Waals surface area contributed by atoms with E-state index < -0.39 is 0 Å². The molecule has 0 N–H and O–H groups in total. The molecule has 3 aromatic rings. The first-order valence-electron chi connectivity index (χ1n) is 10.5. The number of esters is 1. The number of aryl methyl sites for hydroxylation is 1. The van der Waals surface area contributed by atoms with Gasteiger partial charge in [0.15, 0.2) is 0 Å². The highest BCUT2D eigenvalue weighted by atomic mass is 16.5. The van der Waals surface area contributed by atoms with Crippen LogP contribution in [-0.4, -0.2) is 11.0 Å². The molecule has 0 saturated carbocycles. The molecular weight excluding hydrogens is 362 g/mol. The van der Waals surface area contributed by atoms with Crippen LogP contribution < -0.4 is 0 Å². The highest BCUT2D eigenvalue weighted by molar-refractivity contribution is 5.89. The molecule has 2 heterocycles. The van der Waals surface area contributed by atoms with E-state index in [4.69, 9.17) is 9.15 Å². The predicted molar refractivity (Wildman–Crippen MR) is 115 cm³/mol. The van der Waals surface area contributed by atoms with Gasteiger partial charge in [-0.3, -0.25) is 4.98 Å². The van der Waals surface area contributed by atoms with Gasteiger partial charge in [-0.05, 0) is 48.7 Å². The van der Waals surface area contributed by atoms with Crippen LogP contribution in [0, 0.1) is 0 Å². The predicted octanol–water partition coefficient (Wildman–Crippen LogP) is 6.60. The molecular formula is C25H29NO3. The van der Waals surface area contributed by atoms with E-state index in [1.165, 1.54) is 44.1 Å². The molecule has 2 aromatic heterocycles. The smallest absolute Gasteiger partial charge is 0.338 e. The molecule has 4 heteroatoms. The maximum atomic E-state index is 12.1. The minimum Gasteiger partial charge on any atom is -0.466 e. The number of unbranched alkanes of at least 4 members (excludes halogenated alkanes) is 5. The Morgan fingerprint density at radius 2 is 1.76 bits per heavy atom. The largest absolute Gasteiger partial charge is 0.466 e. The van der Waals surface area contributed by atoms with Crippen molar-refractivity contribution >= 4 is 5.97 Å². The fourth-order valence-electron chi connectivity index (χ4n) is 3.24. The number of nitrogens with zero attached hydrogens (tertiary/aromatic N) is 1. The minimum atomic E-state index is -0.366. The van der Waals surface area contributed by atoms with E-state index in [9.17, 15) is 4.79 Å². The van der Waals surface area contributed by atoms with Crippen molar-refractivity contribution in [2.45, 2.75) is 58.5 Å². The van der Waals surface area contributed by atoms with Crippen LogP contribution in [0.25, 0.3) is 11.3 Å². The van der Waals surface area contributed by atoms with Gasteiger partial charge >= 0.3 is 5.97 Å². The zero-order valence-electron chi connectivity index (χ0n) is 17.1.